The van der Waals surface area contributed by atoms with Crippen LogP contribution < -0.4 is 5.32 Å². The third-order valence-corrected chi connectivity index (χ3v) is 3.54. The summed E-state index contributed by atoms with van der Waals surface area (Å²) in [5.74, 6) is 2.62. The van der Waals surface area contributed by atoms with Crippen molar-refractivity contribution in [3.63, 3.8) is 0 Å². The normalized spacial score (nSPS) is 19.5. The Bertz CT molecular complexity index is 544. The van der Waals surface area contributed by atoms with E-state index in [0.717, 1.165) is 36.0 Å². The summed E-state index contributed by atoms with van der Waals surface area (Å²) < 4.78 is 5.61. The Labute approximate surface area is 113 Å². The van der Waals surface area contributed by atoms with Gasteiger partial charge in [0.2, 0.25) is 0 Å². The first kappa shape index (κ1) is 12.4. The van der Waals surface area contributed by atoms with Crippen molar-refractivity contribution >= 4 is 0 Å². The second kappa shape index (κ2) is 5.53. The van der Waals surface area contributed by atoms with Gasteiger partial charge in [-0.3, -0.25) is 0 Å². The number of aromatic nitrogens is 2. The van der Waals surface area contributed by atoms with Crippen LogP contribution in [0.15, 0.2) is 28.8 Å². The van der Waals surface area contributed by atoms with Crippen LogP contribution in [0.25, 0.3) is 11.5 Å². The lowest BCUT2D eigenvalue weighted by molar-refractivity contribution is 0.394. The van der Waals surface area contributed by atoms with Gasteiger partial charge in [0.15, 0.2) is 5.76 Å². The largest absolute Gasteiger partial charge is 0.460 e. The predicted molar refractivity (Wildman–Crippen MR) is 73.8 cm³/mol. The molecule has 1 saturated heterocycles. The van der Waals surface area contributed by atoms with E-state index in [4.69, 9.17) is 4.42 Å². The molecule has 19 heavy (non-hydrogen) atoms. The number of nitrogens with one attached hydrogen (secondary N) is 1. The van der Waals surface area contributed by atoms with Crippen LogP contribution in [0.3, 0.4) is 0 Å². The number of rotatable bonds is 3. The summed E-state index contributed by atoms with van der Waals surface area (Å²) in [6.45, 7) is 3.05. The minimum atomic E-state index is 0.516. The van der Waals surface area contributed by atoms with Crippen molar-refractivity contribution in [2.24, 2.45) is 0 Å². The quantitative estimate of drug-likeness (QED) is 0.918. The number of furan rings is 1. The summed E-state index contributed by atoms with van der Waals surface area (Å²) in [7, 11) is 0. The highest BCUT2D eigenvalue weighted by Gasteiger charge is 2.15. The van der Waals surface area contributed by atoms with Gasteiger partial charge in [0, 0.05) is 18.7 Å². The van der Waals surface area contributed by atoms with Crippen molar-refractivity contribution in [1.29, 1.82) is 0 Å². The number of hydrogen-bond acceptors (Lipinski definition) is 4. The maximum Gasteiger partial charge on any atom is 0.152 e. The molecule has 1 aliphatic rings. The lowest BCUT2D eigenvalue weighted by Crippen LogP contribution is -2.36. The lowest BCUT2D eigenvalue weighted by Gasteiger charge is -2.22. The molecule has 0 bridgehead atoms. The molecule has 0 saturated carbocycles. The first-order chi connectivity index (χ1) is 9.31. The molecule has 0 spiro atoms. The van der Waals surface area contributed by atoms with Gasteiger partial charge in [0.1, 0.15) is 17.3 Å². The Morgan fingerprint density at radius 1 is 1.32 bits per heavy atom. The van der Waals surface area contributed by atoms with Crippen molar-refractivity contribution in [2.75, 3.05) is 6.54 Å². The van der Waals surface area contributed by atoms with E-state index in [1.54, 1.807) is 0 Å². The van der Waals surface area contributed by atoms with E-state index in [0.29, 0.717) is 6.04 Å². The Kier molecular flexibility index (Phi) is 3.60. The van der Waals surface area contributed by atoms with Crippen LogP contribution in [-0.4, -0.2) is 22.6 Å². The van der Waals surface area contributed by atoms with Crippen molar-refractivity contribution in [1.82, 2.24) is 15.3 Å². The Hall–Kier alpha value is -1.68. The SMILES string of the molecule is Cc1ccc(-c2ccnc(CC3CCCCN3)n2)o1. The standard InChI is InChI=1S/C15H19N3O/c1-11-5-6-14(19-11)13-7-9-17-15(18-13)10-12-4-2-3-8-16-12/h5-7,9,12,16H,2-4,8,10H2,1H3. The summed E-state index contributed by atoms with van der Waals surface area (Å²) in [4.78, 5) is 8.98. The van der Waals surface area contributed by atoms with Crippen LogP contribution in [0.2, 0.25) is 0 Å². The second-order valence-corrected chi connectivity index (χ2v) is 5.12. The van der Waals surface area contributed by atoms with E-state index < -0.39 is 0 Å². The molecular formula is C15H19N3O. The maximum atomic E-state index is 5.61. The highest BCUT2D eigenvalue weighted by molar-refractivity contribution is 5.51. The van der Waals surface area contributed by atoms with Gasteiger partial charge in [-0.15, -0.1) is 0 Å². The summed E-state index contributed by atoms with van der Waals surface area (Å²) in [5.41, 5.74) is 0.869. The molecule has 1 N–H and O–H groups in total. The molecule has 1 aliphatic heterocycles. The molecule has 3 rings (SSSR count). The lowest BCUT2D eigenvalue weighted by atomic mass is 10.0. The maximum absolute atomic E-state index is 5.61. The summed E-state index contributed by atoms with van der Waals surface area (Å²) >= 11 is 0. The molecule has 0 radical (unpaired) electrons. The van der Waals surface area contributed by atoms with Crippen LogP contribution >= 0.6 is 0 Å². The van der Waals surface area contributed by atoms with Gasteiger partial charge in [-0.1, -0.05) is 6.42 Å². The third kappa shape index (κ3) is 3.01. The molecule has 4 heteroatoms. The molecule has 1 fully saturated rings. The van der Waals surface area contributed by atoms with Gasteiger partial charge in [-0.25, -0.2) is 9.97 Å². The molecule has 1 atom stereocenters. The van der Waals surface area contributed by atoms with Crippen molar-refractivity contribution < 1.29 is 4.42 Å². The van der Waals surface area contributed by atoms with Crippen LogP contribution in [0.5, 0.6) is 0 Å². The van der Waals surface area contributed by atoms with Crippen LogP contribution in [0.4, 0.5) is 0 Å². The Morgan fingerprint density at radius 2 is 2.26 bits per heavy atom. The van der Waals surface area contributed by atoms with Gasteiger partial charge >= 0.3 is 0 Å². The molecule has 100 valence electrons. The second-order valence-electron chi connectivity index (χ2n) is 5.12. The molecule has 0 aliphatic carbocycles. The molecular weight excluding hydrogens is 238 g/mol. The monoisotopic (exact) mass is 257 g/mol. The highest BCUT2D eigenvalue weighted by atomic mass is 16.3. The Balaban J connectivity index is 1.75. The van der Waals surface area contributed by atoms with Gasteiger partial charge < -0.3 is 9.73 Å². The topological polar surface area (TPSA) is 51.0 Å². The fraction of sp³-hybridized carbons (Fsp3) is 0.467. The third-order valence-electron chi connectivity index (χ3n) is 3.54. The number of hydrogen-bond donors (Lipinski definition) is 1. The minimum Gasteiger partial charge on any atom is -0.460 e. The average molecular weight is 257 g/mol. The zero-order chi connectivity index (χ0) is 13.1. The van der Waals surface area contributed by atoms with Crippen molar-refractivity contribution in [3.05, 3.63) is 36.0 Å². The van der Waals surface area contributed by atoms with E-state index in [-0.39, 0.29) is 0 Å². The van der Waals surface area contributed by atoms with E-state index in [9.17, 15) is 0 Å². The molecule has 3 heterocycles. The molecule has 0 amide bonds. The van der Waals surface area contributed by atoms with Crippen LogP contribution in [-0.2, 0) is 6.42 Å². The van der Waals surface area contributed by atoms with Crippen LogP contribution in [0, 0.1) is 6.92 Å². The van der Waals surface area contributed by atoms with E-state index in [1.807, 2.05) is 31.3 Å². The zero-order valence-corrected chi connectivity index (χ0v) is 11.2. The van der Waals surface area contributed by atoms with Crippen LogP contribution in [0.1, 0.15) is 30.8 Å². The molecule has 4 nitrogen and oxygen atoms in total. The summed E-state index contributed by atoms with van der Waals surface area (Å²) in [5, 5.41) is 3.53. The van der Waals surface area contributed by atoms with E-state index in [1.165, 1.54) is 19.3 Å². The first-order valence-corrected chi connectivity index (χ1v) is 6.93. The molecule has 0 aromatic carbocycles. The number of piperidine rings is 1. The fourth-order valence-corrected chi connectivity index (χ4v) is 2.53. The number of aryl methyl sites for hydroxylation is 1. The molecule has 1 unspecified atom stereocenters. The molecule has 2 aromatic rings. The van der Waals surface area contributed by atoms with Gasteiger partial charge in [-0.05, 0) is 44.5 Å². The molecule has 2 aromatic heterocycles. The number of nitrogens with zero attached hydrogens (tertiary/aromatic N) is 2. The van der Waals surface area contributed by atoms with Crippen molar-refractivity contribution in [2.45, 2.75) is 38.6 Å². The average Bonchev–Trinajstić information content (AvgIpc) is 2.87. The highest BCUT2D eigenvalue weighted by Crippen LogP contribution is 2.20. The van der Waals surface area contributed by atoms with Gasteiger partial charge in [-0.2, -0.15) is 0 Å². The predicted octanol–water partition coefficient (Wildman–Crippen LogP) is 2.73. The van der Waals surface area contributed by atoms with E-state index >= 15 is 0 Å². The minimum absolute atomic E-state index is 0.516. The van der Waals surface area contributed by atoms with Crippen molar-refractivity contribution in [3.8, 4) is 11.5 Å². The van der Waals surface area contributed by atoms with Gasteiger partial charge in [0.05, 0.1) is 0 Å². The van der Waals surface area contributed by atoms with E-state index in [2.05, 4.69) is 15.3 Å². The summed E-state index contributed by atoms with van der Waals surface area (Å²) in [6, 6.07) is 6.33. The zero-order valence-electron chi connectivity index (χ0n) is 11.2. The Morgan fingerprint density at radius 3 is 3.00 bits per heavy atom. The fourth-order valence-electron chi connectivity index (χ4n) is 2.53. The first-order valence-electron chi connectivity index (χ1n) is 6.93. The van der Waals surface area contributed by atoms with Gasteiger partial charge in [0.25, 0.3) is 0 Å². The smallest absolute Gasteiger partial charge is 0.152 e. The summed E-state index contributed by atoms with van der Waals surface area (Å²) in [6.07, 6.45) is 6.51.